The highest BCUT2D eigenvalue weighted by molar-refractivity contribution is 5.91. The van der Waals surface area contributed by atoms with Crippen LogP contribution in [0.2, 0.25) is 0 Å². The van der Waals surface area contributed by atoms with Gasteiger partial charge in [0.15, 0.2) is 11.5 Å². The van der Waals surface area contributed by atoms with Crippen molar-refractivity contribution >= 4 is 34.6 Å². The number of aromatic amines is 1. The van der Waals surface area contributed by atoms with Crippen molar-refractivity contribution < 1.29 is 19.7 Å². The second-order valence-electron chi connectivity index (χ2n) is 8.54. The third-order valence-corrected chi connectivity index (χ3v) is 6.33. The van der Waals surface area contributed by atoms with E-state index in [0.717, 1.165) is 11.3 Å². The lowest BCUT2D eigenvalue weighted by Crippen LogP contribution is -2.29. The first-order valence-electron chi connectivity index (χ1n) is 11.3. The van der Waals surface area contributed by atoms with Crippen LogP contribution in [0.5, 0.6) is 0 Å². The van der Waals surface area contributed by atoms with Crippen molar-refractivity contribution in [2.75, 3.05) is 17.7 Å². The number of benzene rings is 1. The number of carbonyl (C=O) groups excluding carboxylic acids is 1. The highest BCUT2D eigenvalue weighted by atomic mass is 16.5. The molecule has 3 aromatic heterocycles. The van der Waals surface area contributed by atoms with Gasteiger partial charge in [0.25, 0.3) is 0 Å². The monoisotopic (exact) mass is 478 g/mol. The third kappa shape index (κ3) is 4.06. The summed E-state index contributed by atoms with van der Waals surface area (Å²) in [5.41, 5.74) is 9.64. The average molecular weight is 479 g/mol. The van der Waals surface area contributed by atoms with Crippen molar-refractivity contribution in [2.45, 2.75) is 44.4 Å². The molecule has 0 amide bonds. The molecule has 12 heteroatoms. The first kappa shape index (κ1) is 22.7. The summed E-state index contributed by atoms with van der Waals surface area (Å²) in [6.07, 6.45) is 1.65. The fourth-order valence-electron chi connectivity index (χ4n) is 4.61. The number of fused-ring (bicyclic) bond motifs is 1. The Balaban J connectivity index is 1.46. The summed E-state index contributed by atoms with van der Waals surface area (Å²) >= 11 is 0. The number of carbonyl (C=O) groups is 1. The first-order chi connectivity index (χ1) is 16.9. The maximum Gasteiger partial charge on any atom is 0.338 e. The van der Waals surface area contributed by atoms with E-state index in [2.05, 4.69) is 30.5 Å². The molecule has 0 saturated heterocycles. The van der Waals surface area contributed by atoms with Crippen LogP contribution in [-0.4, -0.2) is 64.7 Å². The van der Waals surface area contributed by atoms with Crippen molar-refractivity contribution in [1.82, 2.24) is 29.7 Å². The van der Waals surface area contributed by atoms with Crippen molar-refractivity contribution in [1.29, 1.82) is 0 Å². The van der Waals surface area contributed by atoms with Gasteiger partial charge in [-0.1, -0.05) is 6.07 Å². The zero-order valence-electron chi connectivity index (χ0n) is 19.2. The third-order valence-electron chi connectivity index (χ3n) is 6.33. The minimum Gasteiger partial charge on any atom is -0.462 e. The van der Waals surface area contributed by atoms with Crippen LogP contribution in [0.1, 0.15) is 46.9 Å². The highest BCUT2D eigenvalue weighted by Crippen LogP contribution is 2.42. The van der Waals surface area contributed by atoms with E-state index in [1.54, 1.807) is 48.3 Å². The zero-order valence-corrected chi connectivity index (χ0v) is 19.2. The molecule has 0 aliphatic heterocycles. The van der Waals surface area contributed by atoms with Crippen molar-refractivity contribution in [3.63, 3.8) is 0 Å². The Labute approximate surface area is 200 Å². The number of H-pyrrole nitrogens is 1. The van der Waals surface area contributed by atoms with Gasteiger partial charge in [-0.05, 0) is 44.0 Å². The van der Waals surface area contributed by atoms with E-state index in [1.165, 1.54) is 0 Å². The molecule has 35 heavy (non-hydrogen) atoms. The van der Waals surface area contributed by atoms with E-state index >= 15 is 0 Å². The van der Waals surface area contributed by atoms with Crippen LogP contribution in [-0.2, 0) is 4.74 Å². The molecule has 4 atom stereocenters. The second-order valence-corrected chi connectivity index (χ2v) is 8.54. The number of nitrogens with two attached hydrogens (primary N) is 1. The predicted molar refractivity (Wildman–Crippen MR) is 127 cm³/mol. The second kappa shape index (κ2) is 8.96. The molecule has 5 rings (SSSR count). The number of aromatic nitrogens is 6. The number of hydrogen-bond acceptors (Lipinski definition) is 10. The van der Waals surface area contributed by atoms with E-state index < -0.39 is 24.2 Å². The van der Waals surface area contributed by atoms with Crippen molar-refractivity contribution in [3.05, 3.63) is 53.6 Å². The van der Waals surface area contributed by atoms with Crippen molar-refractivity contribution in [3.8, 4) is 0 Å². The lowest BCUT2D eigenvalue weighted by Gasteiger charge is -2.18. The number of imidazole rings is 1. The molecular weight excluding hydrogens is 452 g/mol. The molecule has 0 unspecified atom stereocenters. The van der Waals surface area contributed by atoms with Gasteiger partial charge in [-0.3, -0.25) is 5.10 Å². The van der Waals surface area contributed by atoms with E-state index in [9.17, 15) is 15.0 Å². The number of anilines is 3. The summed E-state index contributed by atoms with van der Waals surface area (Å²) < 4.78 is 6.77. The fourth-order valence-corrected chi connectivity index (χ4v) is 4.61. The van der Waals surface area contributed by atoms with Crippen LogP contribution in [0.15, 0.2) is 36.8 Å². The number of hydrogen-bond donors (Lipinski definition) is 5. The number of aliphatic hydroxyl groups is 2. The van der Waals surface area contributed by atoms with Crippen LogP contribution in [0.4, 0.5) is 17.5 Å². The minimum absolute atomic E-state index is 0.159. The number of nitrogens with zero attached hydrogens (tertiary/aromatic N) is 5. The lowest BCUT2D eigenvalue weighted by atomic mass is 9.98. The Bertz CT molecular complexity index is 1380. The summed E-state index contributed by atoms with van der Waals surface area (Å²) in [5, 5.41) is 31.7. The van der Waals surface area contributed by atoms with Gasteiger partial charge in [-0.2, -0.15) is 15.1 Å². The lowest BCUT2D eigenvalue weighted by molar-refractivity contribution is 0.0173. The summed E-state index contributed by atoms with van der Waals surface area (Å²) in [5.74, 6) is -0.392. The summed E-state index contributed by atoms with van der Waals surface area (Å²) in [4.78, 5) is 25.3. The van der Waals surface area contributed by atoms with Crippen LogP contribution in [0.25, 0.3) is 11.2 Å². The number of aliphatic hydroxyl groups excluding tert-OH is 2. The Morgan fingerprint density at radius 2 is 2.14 bits per heavy atom. The predicted octanol–water partition coefficient (Wildman–Crippen LogP) is 1.81. The molecule has 1 aromatic carbocycles. The Kier molecular flexibility index (Phi) is 5.83. The van der Waals surface area contributed by atoms with Gasteiger partial charge in [0, 0.05) is 17.3 Å². The number of ether oxygens (including phenoxy) is 1. The van der Waals surface area contributed by atoms with E-state index in [0.29, 0.717) is 28.8 Å². The normalized spacial score (nSPS) is 21.9. The topological polar surface area (TPSA) is 177 Å². The molecule has 0 spiro atoms. The van der Waals surface area contributed by atoms with Gasteiger partial charge in [0.05, 0.1) is 36.8 Å². The molecule has 0 bridgehead atoms. The van der Waals surface area contributed by atoms with Crippen LogP contribution >= 0.6 is 0 Å². The average Bonchev–Trinajstić information content (AvgIpc) is 3.52. The number of esters is 1. The fraction of sp³-hybridized carbons (Fsp3) is 0.348. The van der Waals surface area contributed by atoms with Gasteiger partial charge in [0.1, 0.15) is 11.6 Å². The van der Waals surface area contributed by atoms with Gasteiger partial charge in [0.2, 0.25) is 5.95 Å². The first-order valence-corrected chi connectivity index (χ1v) is 11.3. The van der Waals surface area contributed by atoms with Gasteiger partial charge in [-0.15, -0.1) is 0 Å². The SMILES string of the molecule is CCOC(=O)c1cccc(Nc2nc(N)c3ncn([C@@H]4C[C@@H](c5[nH]ncc5C)[C@@H](O)[C@H]4O)c3n2)c1. The van der Waals surface area contributed by atoms with Gasteiger partial charge < -0.3 is 30.6 Å². The van der Waals surface area contributed by atoms with Crippen molar-refractivity contribution in [2.24, 2.45) is 0 Å². The molecule has 3 heterocycles. The van der Waals surface area contributed by atoms with Crippen LogP contribution in [0.3, 0.4) is 0 Å². The van der Waals surface area contributed by atoms with E-state index in [-0.39, 0.29) is 24.3 Å². The number of nitrogen functional groups attached to an aromatic ring is 1. The standard InChI is InChI=1S/C23H26N8O4/c1-3-35-22(34)12-5-4-6-13(7-12)27-23-28-20(24)17-21(29-23)31(10-25-17)15-8-14(18(32)19(15)33)16-11(2)9-26-30-16/h4-7,9-10,14-15,18-19,32-33H,3,8H2,1-2H3,(H,26,30)(H3,24,27,28,29)/t14-,15+,18+,19-/m0/s1. The van der Waals surface area contributed by atoms with Crippen LogP contribution < -0.4 is 11.1 Å². The number of aryl methyl sites for hydroxylation is 1. The molecular formula is C23H26N8O4. The van der Waals surface area contributed by atoms with E-state index in [4.69, 9.17) is 10.5 Å². The Morgan fingerprint density at radius 3 is 2.89 bits per heavy atom. The highest BCUT2D eigenvalue weighted by Gasteiger charge is 2.44. The summed E-state index contributed by atoms with van der Waals surface area (Å²) in [7, 11) is 0. The maximum absolute atomic E-state index is 12.1. The molecule has 12 nitrogen and oxygen atoms in total. The molecule has 4 aromatic rings. The minimum atomic E-state index is -1.05. The van der Waals surface area contributed by atoms with Gasteiger partial charge >= 0.3 is 5.97 Å². The Hall–Kier alpha value is -4.03. The molecule has 1 saturated carbocycles. The quantitative estimate of drug-likeness (QED) is 0.257. The molecule has 6 N–H and O–H groups in total. The van der Waals surface area contributed by atoms with Crippen LogP contribution in [0, 0.1) is 6.92 Å². The smallest absolute Gasteiger partial charge is 0.338 e. The zero-order chi connectivity index (χ0) is 24.7. The Morgan fingerprint density at radius 1 is 1.31 bits per heavy atom. The molecule has 0 radical (unpaired) electrons. The number of rotatable bonds is 6. The molecule has 1 fully saturated rings. The number of nitrogens with one attached hydrogen (secondary N) is 2. The molecule has 1 aliphatic carbocycles. The van der Waals surface area contributed by atoms with E-state index in [1.807, 2.05) is 6.92 Å². The largest absolute Gasteiger partial charge is 0.462 e. The molecule has 1 aliphatic rings. The molecule has 182 valence electrons. The maximum atomic E-state index is 12.1. The summed E-state index contributed by atoms with van der Waals surface area (Å²) in [6, 6.07) is 6.28. The van der Waals surface area contributed by atoms with Gasteiger partial charge in [-0.25, -0.2) is 9.78 Å². The summed E-state index contributed by atoms with van der Waals surface area (Å²) in [6.45, 7) is 3.92.